The van der Waals surface area contributed by atoms with Gasteiger partial charge in [0.25, 0.3) is 0 Å². The zero-order valence-electron chi connectivity index (χ0n) is 11.5. The maximum absolute atomic E-state index is 6.41. The van der Waals surface area contributed by atoms with Crippen molar-refractivity contribution >= 4 is 27.5 Å². The molecule has 1 unspecified atom stereocenters. The first-order chi connectivity index (χ1) is 10.1. The predicted octanol–water partition coefficient (Wildman–Crippen LogP) is 4.23. The molecule has 0 saturated carbocycles. The normalized spacial score (nSPS) is 14.9. The third-order valence-electron chi connectivity index (χ3n) is 3.55. The number of hydrogen-bond donors (Lipinski definition) is 1. The molecule has 1 aliphatic rings. The fraction of sp³-hybridized carbons (Fsp3) is 0.250. The minimum absolute atomic E-state index is 0.331. The van der Waals surface area contributed by atoms with Gasteiger partial charge in [-0.25, -0.2) is 0 Å². The molecule has 5 heteroatoms. The summed E-state index contributed by atoms with van der Waals surface area (Å²) in [6.45, 7) is 3.08. The summed E-state index contributed by atoms with van der Waals surface area (Å²) in [4.78, 5) is 0. The number of hydrogen-bond acceptors (Lipinski definition) is 3. The predicted molar refractivity (Wildman–Crippen MR) is 87.4 cm³/mol. The van der Waals surface area contributed by atoms with Gasteiger partial charge in [-0.1, -0.05) is 45.7 Å². The first-order valence-electron chi connectivity index (χ1n) is 6.67. The molecule has 21 heavy (non-hydrogen) atoms. The standard InChI is InChI=1S/C16H15BrClNO2/c1-9-3-2-4-10(15(9)18)16(19)11-7-13-14(8-12(11)17)21-6-5-20-13/h2-4,7-8,16H,5-6,19H2,1H3. The lowest BCUT2D eigenvalue weighted by atomic mass is 9.97. The Balaban J connectivity index is 2.05. The summed E-state index contributed by atoms with van der Waals surface area (Å²) in [5, 5.41) is 0.701. The number of nitrogens with two attached hydrogens (primary N) is 1. The van der Waals surface area contributed by atoms with Gasteiger partial charge in [-0.05, 0) is 35.7 Å². The zero-order chi connectivity index (χ0) is 15.0. The lowest BCUT2D eigenvalue weighted by molar-refractivity contribution is 0.171. The van der Waals surface area contributed by atoms with Gasteiger partial charge in [0.15, 0.2) is 11.5 Å². The second kappa shape index (κ2) is 5.87. The van der Waals surface area contributed by atoms with E-state index in [4.69, 9.17) is 26.8 Å². The summed E-state index contributed by atoms with van der Waals surface area (Å²) in [5.74, 6) is 1.46. The van der Waals surface area contributed by atoms with Crippen LogP contribution in [0.15, 0.2) is 34.8 Å². The van der Waals surface area contributed by atoms with Gasteiger partial charge < -0.3 is 15.2 Å². The minimum atomic E-state index is -0.331. The third kappa shape index (κ3) is 2.76. The number of halogens is 2. The van der Waals surface area contributed by atoms with E-state index in [9.17, 15) is 0 Å². The largest absolute Gasteiger partial charge is 0.486 e. The van der Waals surface area contributed by atoms with Gasteiger partial charge in [0.1, 0.15) is 13.2 Å². The lowest BCUT2D eigenvalue weighted by Gasteiger charge is -2.22. The first kappa shape index (κ1) is 14.7. The number of fused-ring (bicyclic) bond motifs is 1. The van der Waals surface area contributed by atoms with Gasteiger partial charge in [0, 0.05) is 9.50 Å². The molecule has 1 aliphatic heterocycles. The average molecular weight is 369 g/mol. The van der Waals surface area contributed by atoms with E-state index in [1.165, 1.54) is 0 Å². The Morgan fingerprint density at radius 1 is 1.14 bits per heavy atom. The second-order valence-corrected chi connectivity index (χ2v) is 6.21. The molecule has 2 aromatic carbocycles. The fourth-order valence-electron chi connectivity index (χ4n) is 2.40. The Labute approximate surface area is 137 Å². The van der Waals surface area contributed by atoms with Crippen LogP contribution in [0.4, 0.5) is 0 Å². The van der Waals surface area contributed by atoms with Crippen LogP contribution in [0.5, 0.6) is 11.5 Å². The lowest BCUT2D eigenvalue weighted by Crippen LogP contribution is -2.18. The van der Waals surface area contributed by atoms with Crippen molar-refractivity contribution in [2.24, 2.45) is 5.73 Å². The van der Waals surface area contributed by atoms with Crippen LogP contribution in [0.1, 0.15) is 22.7 Å². The summed E-state index contributed by atoms with van der Waals surface area (Å²) in [5.41, 5.74) is 9.24. The molecule has 110 valence electrons. The quantitative estimate of drug-likeness (QED) is 0.862. The van der Waals surface area contributed by atoms with E-state index in [2.05, 4.69) is 15.9 Å². The van der Waals surface area contributed by atoms with Gasteiger partial charge in [-0.15, -0.1) is 0 Å². The van der Waals surface area contributed by atoms with Gasteiger partial charge in [0.2, 0.25) is 0 Å². The highest BCUT2D eigenvalue weighted by molar-refractivity contribution is 9.10. The molecule has 2 aromatic rings. The van der Waals surface area contributed by atoms with E-state index in [1.807, 2.05) is 37.3 Å². The van der Waals surface area contributed by atoms with Crippen LogP contribution in [-0.2, 0) is 0 Å². The maximum Gasteiger partial charge on any atom is 0.162 e. The van der Waals surface area contributed by atoms with Crippen LogP contribution in [0.2, 0.25) is 5.02 Å². The average Bonchev–Trinajstić information content (AvgIpc) is 2.48. The number of benzene rings is 2. The van der Waals surface area contributed by atoms with Crippen LogP contribution in [0, 0.1) is 6.92 Å². The zero-order valence-corrected chi connectivity index (χ0v) is 13.9. The molecule has 0 radical (unpaired) electrons. The number of rotatable bonds is 2. The van der Waals surface area contributed by atoms with Crippen molar-refractivity contribution in [3.05, 3.63) is 56.5 Å². The summed E-state index contributed by atoms with van der Waals surface area (Å²) < 4.78 is 12.1. The molecule has 1 heterocycles. The number of ether oxygens (including phenoxy) is 2. The van der Waals surface area contributed by atoms with Crippen LogP contribution < -0.4 is 15.2 Å². The van der Waals surface area contributed by atoms with Gasteiger partial charge in [-0.2, -0.15) is 0 Å². The third-order valence-corrected chi connectivity index (χ3v) is 4.76. The molecule has 0 bridgehead atoms. The highest BCUT2D eigenvalue weighted by Gasteiger charge is 2.21. The van der Waals surface area contributed by atoms with Crippen molar-refractivity contribution in [3.8, 4) is 11.5 Å². The van der Waals surface area contributed by atoms with Crippen molar-refractivity contribution in [1.82, 2.24) is 0 Å². The first-order valence-corrected chi connectivity index (χ1v) is 7.84. The Morgan fingerprint density at radius 3 is 2.52 bits per heavy atom. The monoisotopic (exact) mass is 367 g/mol. The topological polar surface area (TPSA) is 44.5 Å². The SMILES string of the molecule is Cc1cccc(C(N)c2cc3c(cc2Br)OCCO3)c1Cl. The fourth-order valence-corrected chi connectivity index (χ4v) is 3.21. The summed E-state index contributed by atoms with van der Waals surface area (Å²) >= 11 is 9.94. The van der Waals surface area contributed by atoms with Crippen LogP contribution in [0.3, 0.4) is 0 Å². The van der Waals surface area contributed by atoms with Gasteiger partial charge in [0.05, 0.1) is 6.04 Å². The maximum atomic E-state index is 6.41. The van der Waals surface area contributed by atoms with Crippen LogP contribution in [0.25, 0.3) is 0 Å². The smallest absolute Gasteiger partial charge is 0.162 e. The molecule has 3 rings (SSSR count). The highest BCUT2D eigenvalue weighted by atomic mass is 79.9. The number of aryl methyl sites for hydroxylation is 1. The van der Waals surface area contributed by atoms with Crippen LogP contribution in [-0.4, -0.2) is 13.2 Å². The molecule has 0 aromatic heterocycles. The Bertz CT molecular complexity index is 690. The van der Waals surface area contributed by atoms with Crippen molar-refractivity contribution in [1.29, 1.82) is 0 Å². The summed E-state index contributed by atoms with van der Waals surface area (Å²) in [7, 11) is 0. The Morgan fingerprint density at radius 2 is 1.81 bits per heavy atom. The van der Waals surface area contributed by atoms with E-state index in [0.717, 1.165) is 32.7 Å². The molecule has 0 aliphatic carbocycles. The second-order valence-electron chi connectivity index (χ2n) is 4.97. The van der Waals surface area contributed by atoms with Crippen molar-refractivity contribution in [2.45, 2.75) is 13.0 Å². The van der Waals surface area contributed by atoms with E-state index in [-0.39, 0.29) is 6.04 Å². The van der Waals surface area contributed by atoms with E-state index in [0.29, 0.717) is 18.2 Å². The molecule has 0 saturated heterocycles. The molecule has 0 fully saturated rings. The van der Waals surface area contributed by atoms with Gasteiger partial charge in [-0.3, -0.25) is 0 Å². The molecule has 0 amide bonds. The molecular formula is C16H15BrClNO2. The Hall–Kier alpha value is -1.23. The van der Waals surface area contributed by atoms with Crippen molar-refractivity contribution < 1.29 is 9.47 Å². The summed E-state index contributed by atoms with van der Waals surface area (Å²) in [6, 6.07) is 9.36. The van der Waals surface area contributed by atoms with Crippen molar-refractivity contribution in [2.75, 3.05) is 13.2 Å². The van der Waals surface area contributed by atoms with E-state index < -0.39 is 0 Å². The highest BCUT2D eigenvalue weighted by Crippen LogP contribution is 2.40. The molecule has 0 spiro atoms. The molecule has 1 atom stereocenters. The van der Waals surface area contributed by atoms with E-state index in [1.54, 1.807) is 0 Å². The summed E-state index contributed by atoms with van der Waals surface area (Å²) in [6.07, 6.45) is 0. The van der Waals surface area contributed by atoms with Crippen LogP contribution >= 0.6 is 27.5 Å². The molecule has 3 nitrogen and oxygen atoms in total. The molecule has 2 N–H and O–H groups in total. The molecular weight excluding hydrogens is 354 g/mol. The van der Waals surface area contributed by atoms with E-state index >= 15 is 0 Å². The van der Waals surface area contributed by atoms with Gasteiger partial charge >= 0.3 is 0 Å². The van der Waals surface area contributed by atoms with Crippen molar-refractivity contribution in [3.63, 3.8) is 0 Å². The Kier molecular flexibility index (Phi) is 4.11. The minimum Gasteiger partial charge on any atom is -0.486 e.